The Morgan fingerprint density at radius 2 is 0.667 bits per heavy atom. The number of thiocarbonyl (C=S) groups is 3. The predicted molar refractivity (Wildman–Crippen MR) is 241 cm³/mol. The second-order valence-electron chi connectivity index (χ2n) is 11.0. The molecule has 0 radical (unpaired) electrons. The zero-order valence-corrected chi connectivity index (χ0v) is 38.2. The van der Waals surface area contributed by atoms with Crippen molar-refractivity contribution in [1.82, 2.24) is 13.7 Å². The van der Waals surface area contributed by atoms with Crippen LogP contribution in [0.4, 0.5) is 0 Å². The lowest BCUT2D eigenvalue weighted by atomic mass is 10.2. The Kier molecular flexibility index (Phi) is 20.3. The summed E-state index contributed by atoms with van der Waals surface area (Å²) in [6.07, 6.45) is 0. The van der Waals surface area contributed by atoms with Gasteiger partial charge in [0.05, 0.1) is 73.0 Å². The maximum absolute atomic E-state index is 13.5. The van der Waals surface area contributed by atoms with Crippen LogP contribution in [-0.4, -0.2) is 49.2 Å². The molecule has 4 aromatic rings. The largest absolute Gasteiger partial charge is 0.454 e. The van der Waals surface area contributed by atoms with E-state index in [1.165, 1.54) is 0 Å². The van der Waals surface area contributed by atoms with Gasteiger partial charge in [0, 0.05) is 66.8 Å². The van der Waals surface area contributed by atoms with Gasteiger partial charge >= 0.3 is 32.8 Å². The fourth-order valence-corrected chi connectivity index (χ4v) is 8.42. The molecule has 24 heteroatoms. The molecule has 0 bridgehead atoms. The van der Waals surface area contributed by atoms with Gasteiger partial charge in [0.15, 0.2) is 0 Å². The molecule has 0 unspecified atom stereocenters. The Morgan fingerprint density at radius 1 is 0.439 bits per heavy atom. The molecule has 3 aromatic carbocycles. The molecular weight excluding hydrogens is 987 g/mol. The molecule has 0 spiro atoms. The Bertz CT molecular complexity index is 1930. The van der Waals surface area contributed by atoms with Crippen LogP contribution in [-0.2, 0) is 63.7 Å². The van der Waals surface area contributed by atoms with Gasteiger partial charge < -0.3 is 26.8 Å². The summed E-state index contributed by atoms with van der Waals surface area (Å²) in [6, 6.07) is 15.1. The molecule has 0 aliphatic heterocycles. The van der Waals surface area contributed by atoms with Crippen LogP contribution in [0.2, 0.25) is 30.1 Å². The second kappa shape index (κ2) is 24.3. The van der Waals surface area contributed by atoms with Gasteiger partial charge in [-0.1, -0.05) is 69.6 Å². The van der Waals surface area contributed by atoms with Crippen molar-refractivity contribution in [3.8, 4) is 0 Å². The van der Waals surface area contributed by atoms with E-state index >= 15 is 0 Å². The summed E-state index contributed by atoms with van der Waals surface area (Å²) in [6.45, 7) is -1.71. The Labute approximate surface area is 384 Å². The third kappa shape index (κ3) is 16.5. The van der Waals surface area contributed by atoms with Crippen LogP contribution in [0.3, 0.4) is 0 Å². The molecule has 0 saturated carbocycles. The summed E-state index contributed by atoms with van der Waals surface area (Å²) < 4.78 is 34.8. The van der Waals surface area contributed by atoms with Crippen molar-refractivity contribution in [3.63, 3.8) is 0 Å². The van der Waals surface area contributed by atoms with E-state index in [1.54, 1.807) is 54.6 Å². The van der Waals surface area contributed by atoms with Gasteiger partial charge in [0.25, 0.3) is 0 Å². The first kappa shape index (κ1) is 47.6. The van der Waals surface area contributed by atoms with Crippen LogP contribution >= 0.6 is 142 Å². The molecule has 0 saturated heterocycles. The van der Waals surface area contributed by atoms with E-state index < -0.39 is 17.1 Å². The first-order valence-corrected chi connectivity index (χ1v) is 22.1. The molecular formula is C33H27Cl6N3O9S6. The van der Waals surface area contributed by atoms with Crippen molar-refractivity contribution < 1.29 is 26.8 Å². The smallest absolute Gasteiger partial charge is 0.364 e. The average molecular weight is 1010 g/mol. The highest BCUT2D eigenvalue weighted by molar-refractivity contribution is 7.95. The number of benzene rings is 3. The average Bonchev–Trinajstić information content (AvgIpc) is 3.11. The highest BCUT2D eigenvalue weighted by Gasteiger charge is 2.17. The van der Waals surface area contributed by atoms with Gasteiger partial charge in [-0.2, -0.15) is 0 Å². The lowest BCUT2D eigenvalue weighted by Gasteiger charge is -2.15. The summed E-state index contributed by atoms with van der Waals surface area (Å²) in [7, 11) is 0. The summed E-state index contributed by atoms with van der Waals surface area (Å²) in [4.78, 5) is 40.4. The SMILES string of the molecule is O=c1n(CCOC(=S)OSCc2cc(Cl)cc(Cl)c2)c(=O)n(CCOC(=S)OSCc2cc(Cl)cc(Cl)c2)c(=O)n1CCOC(=S)OSCc1cc(Cl)cc(Cl)c1. The lowest BCUT2D eigenvalue weighted by Crippen LogP contribution is -2.55. The summed E-state index contributed by atoms with van der Waals surface area (Å²) in [5.41, 5.74) is -0.474. The third-order valence-electron chi connectivity index (χ3n) is 6.81. The number of rotatable bonds is 18. The van der Waals surface area contributed by atoms with Crippen LogP contribution in [0, 0.1) is 0 Å². The van der Waals surface area contributed by atoms with Gasteiger partial charge in [0.2, 0.25) is 0 Å². The van der Waals surface area contributed by atoms with Gasteiger partial charge in [-0.05, 0) is 71.3 Å². The standard InChI is InChI=1S/C33H27Cl6N3O9S6/c34-22-7-19(8-23(35)13-22)16-55-49-31(52)46-4-1-40-28(43)41(2-5-47-32(53)50-56-17-20-9-24(36)14-25(37)10-20)30(45)42(29(40)44)3-6-48-33(54)51-57-18-21-11-26(38)15-27(39)12-21/h7-15H,1-6,16-18H2. The van der Waals surface area contributed by atoms with E-state index in [9.17, 15) is 14.4 Å². The predicted octanol–water partition coefficient (Wildman–Crippen LogP) is 9.59. The first-order chi connectivity index (χ1) is 27.2. The van der Waals surface area contributed by atoms with E-state index in [0.717, 1.165) is 66.5 Å². The number of hydrogen-bond donors (Lipinski definition) is 0. The lowest BCUT2D eigenvalue weighted by molar-refractivity contribution is 0.218. The Balaban J connectivity index is 1.36. The highest BCUT2D eigenvalue weighted by atomic mass is 35.5. The molecule has 306 valence electrons. The van der Waals surface area contributed by atoms with Gasteiger partial charge in [0.1, 0.15) is 19.8 Å². The fraction of sp³-hybridized carbons (Fsp3) is 0.273. The van der Waals surface area contributed by atoms with Crippen LogP contribution in [0.1, 0.15) is 16.7 Å². The minimum Gasteiger partial charge on any atom is -0.454 e. The monoisotopic (exact) mass is 1010 g/mol. The minimum absolute atomic E-state index is 0.258. The number of nitrogens with zero attached hydrogens (tertiary/aromatic N) is 3. The molecule has 57 heavy (non-hydrogen) atoms. The molecule has 0 N–H and O–H groups in total. The van der Waals surface area contributed by atoms with Gasteiger partial charge in [-0.25, -0.2) is 28.1 Å². The van der Waals surface area contributed by atoms with Crippen molar-refractivity contribution in [2.75, 3.05) is 19.8 Å². The quantitative estimate of drug-likeness (QED) is 0.0694. The number of ether oxygens (including phenoxy) is 3. The van der Waals surface area contributed by atoms with Crippen molar-refractivity contribution >= 4 is 158 Å². The molecule has 0 aliphatic carbocycles. The molecule has 0 fully saturated rings. The van der Waals surface area contributed by atoms with E-state index in [2.05, 4.69) is 0 Å². The third-order valence-corrected chi connectivity index (χ3v) is 11.2. The van der Waals surface area contributed by atoms with Crippen LogP contribution in [0.25, 0.3) is 0 Å². The van der Waals surface area contributed by atoms with Crippen LogP contribution < -0.4 is 17.1 Å². The van der Waals surface area contributed by atoms with Gasteiger partial charge in [-0.3, -0.25) is 0 Å². The van der Waals surface area contributed by atoms with Crippen molar-refractivity contribution in [2.45, 2.75) is 36.9 Å². The molecule has 0 aliphatic rings. The zero-order valence-electron chi connectivity index (χ0n) is 28.8. The van der Waals surface area contributed by atoms with E-state index in [1.807, 2.05) is 0 Å². The highest BCUT2D eigenvalue weighted by Crippen LogP contribution is 2.25. The number of halogens is 6. The molecule has 0 amide bonds. The van der Waals surface area contributed by atoms with Crippen molar-refractivity contribution in [2.24, 2.45) is 0 Å². The topological polar surface area (TPSA) is 121 Å². The first-order valence-electron chi connectivity index (χ1n) is 15.9. The molecule has 0 atom stereocenters. The summed E-state index contributed by atoms with van der Waals surface area (Å²) in [5, 5.41) is 2.00. The second-order valence-corrected chi connectivity index (χ2v) is 16.7. The zero-order chi connectivity index (χ0) is 41.5. The van der Waals surface area contributed by atoms with Crippen molar-refractivity contribution in [1.29, 1.82) is 0 Å². The molecule has 1 heterocycles. The van der Waals surface area contributed by atoms with Crippen LogP contribution in [0.15, 0.2) is 69.0 Å². The van der Waals surface area contributed by atoms with Crippen molar-refractivity contribution in [3.05, 3.63) is 133 Å². The molecule has 12 nitrogen and oxygen atoms in total. The molecule has 4 rings (SSSR count). The van der Waals surface area contributed by atoms with Gasteiger partial charge in [-0.15, -0.1) is 0 Å². The van der Waals surface area contributed by atoms with E-state index in [4.69, 9.17) is 133 Å². The van der Waals surface area contributed by atoms with Crippen LogP contribution in [0.5, 0.6) is 0 Å². The van der Waals surface area contributed by atoms with E-state index in [0.29, 0.717) is 47.4 Å². The summed E-state index contributed by atoms with van der Waals surface area (Å²) in [5.74, 6) is 1.03. The Morgan fingerprint density at radius 3 is 0.895 bits per heavy atom. The number of aromatic nitrogens is 3. The van der Waals surface area contributed by atoms with E-state index in [-0.39, 0.29) is 55.2 Å². The fourth-order valence-electron chi connectivity index (χ4n) is 4.51. The number of hydrogen-bond acceptors (Lipinski definition) is 15. The Hall–Kier alpha value is -2.07. The minimum atomic E-state index is -0.941. The molecule has 1 aromatic heterocycles. The normalized spacial score (nSPS) is 10.8. The maximum atomic E-state index is 13.5. The summed E-state index contributed by atoms with van der Waals surface area (Å²) >= 11 is 54.5. The maximum Gasteiger partial charge on any atom is 0.364 e.